The first kappa shape index (κ1) is 20.6. The van der Waals surface area contributed by atoms with E-state index in [2.05, 4.69) is 39.4 Å². The van der Waals surface area contributed by atoms with Crippen LogP contribution in [0.25, 0.3) is 22.4 Å². The van der Waals surface area contributed by atoms with E-state index in [1.54, 1.807) is 17.2 Å². The molecule has 0 aliphatic carbocycles. The molecule has 0 fully saturated rings. The molecule has 3 heterocycles. The van der Waals surface area contributed by atoms with E-state index in [0.29, 0.717) is 18.1 Å². The van der Waals surface area contributed by atoms with Crippen LogP contribution in [0.5, 0.6) is 5.88 Å². The van der Waals surface area contributed by atoms with Crippen molar-refractivity contribution >= 4 is 16.9 Å². The smallest absolute Gasteiger partial charge is 0.258 e. The molecule has 0 saturated carbocycles. The van der Waals surface area contributed by atoms with E-state index in [1.807, 2.05) is 43.8 Å². The maximum atomic E-state index is 12.2. The molecule has 1 aromatic carbocycles. The number of nitrogens with zero attached hydrogens (tertiary/aromatic N) is 5. The highest BCUT2D eigenvalue weighted by atomic mass is 16.5. The lowest BCUT2D eigenvalue weighted by Crippen LogP contribution is -2.30. The van der Waals surface area contributed by atoms with Crippen molar-refractivity contribution in [1.29, 1.82) is 0 Å². The number of ether oxygens (including phenoxy) is 1. The van der Waals surface area contributed by atoms with Crippen molar-refractivity contribution in [2.75, 3.05) is 13.2 Å². The molecule has 0 spiro atoms. The second-order valence-electron chi connectivity index (χ2n) is 7.65. The Labute approximate surface area is 180 Å². The fourth-order valence-corrected chi connectivity index (χ4v) is 3.66. The van der Waals surface area contributed by atoms with Gasteiger partial charge in [-0.3, -0.25) is 4.79 Å². The number of fused-ring (bicyclic) bond motifs is 1. The van der Waals surface area contributed by atoms with E-state index in [1.165, 1.54) is 11.1 Å². The highest BCUT2D eigenvalue weighted by Crippen LogP contribution is 2.30. The molecule has 1 amide bonds. The van der Waals surface area contributed by atoms with Crippen molar-refractivity contribution in [2.24, 2.45) is 14.1 Å². The van der Waals surface area contributed by atoms with Gasteiger partial charge in [-0.15, -0.1) is 0 Å². The summed E-state index contributed by atoms with van der Waals surface area (Å²) < 4.78 is 9.33. The molecule has 4 aromatic rings. The third-order valence-corrected chi connectivity index (χ3v) is 5.36. The lowest BCUT2D eigenvalue weighted by molar-refractivity contribution is -0.123. The van der Waals surface area contributed by atoms with Crippen LogP contribution >= 0.6 is 0 Å². The monoisotopic (exact) mass is 418 g/mol. The fourth-order valence-electron chi connectivity index (χ4n) is 3.66. The van der Waals surface area contributed by atoms with Crippen LogP contribution in [-0.2, 0) is 25.3 Å². The Balaban J connectivity index is 1.42. The summed E-state index contributed by atoms with van der Waals surface area (Å²) in [4.78, 5) is 21.0. The Morgan fingerprint density at radius 1 is 1.16 bits per heavy atom. The average Bonchev–Trinajstić information content (AvgIpc) is 3.31. The van der Waals surface area contributed by atoms with E-state index in [4.69, 9.17) is 4.74 Å². The van der Waals surface area contributed by atoms with Gasteiger partial charge in [0, 0.05) is 26.7 Å². The summed E-state index contributed by atoms with van der Waals surface area (Å²) in [7, 11) is 3.78. The van der Waals surface area contributed by atoms with Gasteiger partial charge < -0.3 is 14.6 Å². The minimum Gasteiger partial charge on any atom is -0.468 e. The summed E-state index contributed by atoms with van der Waals surface area (Å²) in [5, 5.41) is 8.47. The van der Waals surface area contributed by atoms with Crippen LogP contribution in [0.2, 0.25) is 0 Å². The van der Waals surface area contributed by atoms with E-state index in [9.17, 15) is 4.79 Å². The number of aryl methyl sites for hydroxylation is 4. The van der Waals surface area contributed by atoms with Crippen LogP contribution in [0.15, 0.2) is 42.9 Å². The molecule has 0 atom stereocenters. The van der Waals surface area contributed by atoms with Crippen molar-refractivity contribution < 1.29 is 9.53 Å². The Morgan fingerprint density at radius 2 is 1.97 bits per heavy atom. The third kappa shape index (κ3) is 4.28. The van der Waals surface area contributed by atoms with Crippen LogP contribution in [0, 0.1) is 13.8 Å². The lowest BCUT2D eigenvalue weighted by atomic mass is 10.1. The summed E-state index contributed by atoms with van der Waals surface area (Å²) >= 11 is 0. The predicted molar refractivity (Wildman–Crippen MR) is 119 cm³/mol. The molecular formula is C23H26N6O2. The summed E-state index contributed by atoms with van der Waals surface area (Å²) in [6, 6.07) is 10.0. The SMILES string of the molecule is Cc1ccccc1CCNC(=O)COc1cc(C)c2c(-c3cncn3C)nn(C)c2n1. The van der Waals surface area contributed by atoms with Crippen molar-refractivity contribution in [2.45, 2.75) is 20.3 Å². The van der Waals surface area contributed by atoms with Crippen LogP contribution in [-0.4, -0.2) is 43.4 Å². The van der Waals surface area contributed by atoms with Gasteiger partial charge in [-0.1, -0.05) is 24.3 Å². The topological polar surface area (TPSA) is 86.9 Å². The van der Waals surface area contributed by atoms with Crippen LogP contribution in [0.1, 0.15) is 16.7 Å². The Kier molecular flexibility index (Phi) is 5.70. The first-order chi connectivity index (χ1) is 14.9. The fraction of sp³-hybridized carbons (Fsp3) is 0.304. The summed E-state index contributed by atoms with van der Waals surface area (Å²) in [6.45, 7) is 4.54. The number of hydrogen-bond donors (Lipinski definition) is 1. The van der Waals surface area contributed by atoms with Crippen molar-refractivity contribution in [1.82, 2.24) is 29.6 Å². The molecule has 8 heteroatoms. The highest BCUT2D eigenvalue weighted by molar-refractivity contribution is 5.93. The molecule has 1 N–H and O–H groups in total. The van der Waals surface area contributed by atoms with Crippen LogP contribution in [0.3, 0.4) is 0 Å². The Hall–Kier alpha value is -3.68. The summed E-state index contributed by atoms with van der Waals surface area (Å²) in [6.07, 6.45) is 4.31. The molecule has 0 aliphatic rings. The normalized spacial score (nSPS) is 11.1. The summed E-state index contributed by atoms with van der Waals surface area (Å²) in [5.74, 6) is 0.229. The minimum absolute atomic E-state index is 0.0852. The zero-order chi connectivity index (χ0) is 22.0. The van der Waals surface area contributed by atoms with E-state index in [-0.39, 0.29) is 12.5 Å². The number of hydrogen-bond acceptors (Lipinski definition) is 5. The molecule has 160 valence electrons. The van der Waals surface area contributed by atoms with Gasteiger partial charge in [-0.25, -0.2) is 9.67 Å². The number of rotatable bonds is 7. The van der Waals surface area contributed by atoms with Crippen molar-refractivity contribution in [3.05, 3.63) is 59.5 Å². The molecule has 0 bridgehead atoms. The van der Waals surface area contributed by atoms with Crippen molar-refractivity contribution in [3.63, 3.8) is 0 Å². The van der Waals surface area contributed by atoms with Gasteiger partial charge in [0.2, 0.25) is 5.88 Å². The average molecular weight is 419 g/mol. The number of imidazole rings is 1. The molecule has 0 unspecified atom stereocenters. The second-order valence-corrected chi connectivity index (χ2v) is 7.65. The van der Waals surface area contributed by atoms with E-state index < -0.39 is 0 Å². The van der Waals surface area contributed by atoms with Crippen LogP contribution in [0.4, 0.5) is 0 Å². The minimum atomic E-state index is -0.172. The lowest BCUT2D eigenvalue weighted by Gasteiger charge is -2.09. The quantitative estimate of drug-likeness (QED) is 0.499. The number of aromatic nitrogens is 5. The van der Waals surface area contributed by atoms with E-state index in [0.717, 1.165) is 28.8 Å². The zero-order valence-corrected chi connectivity index (χ0v) is 18.2. The molecule has 0 radical (unpaired) electrons. The molecular weight excluding hydrogens is 392 g/mol. The number of carbonyl (C=O) groups is 1. The van der Waals surface area contributed by atoms with Gasteiger partial charge in [-0.05, 0) is 37.0 Å². The number of benzene rings is 1. The number of nitrogens with one attached hydrogen (secondary N) is 1. The van der Waals surface area contributed by atoms with Gasteiger partial charge >= 0.3 is 0 Å². The molecule has 0 saturated heterocycles. The van der Waals surface area contributed by atoms with Gasteiger partial charge in [0.05, 0.1) is 23.6 Å². The number of pyridine rings is 1. The van der Waals surface area contributed by atoms with E-state index >= 15 is 0 Å². The number of amides is 1. The largest absolute Gasteiger partial charge is 0.468 e. The summed E-state index contributed by atoms with van der Waals surface area (Å²) in [5.41, 5.74) is 5.87. The van der Waals surface area contributed by atoms with Gasteiger partial charge in [0.15, 0.2) is 12.3 Å². The predicted octanol–water partition coefficient (Wildman–Crippen LogP) is 2.72. The number of carbonyl (C=O) groups excluding carboxylic acids is 1. The second kappa shape index (κ2) is 8.59. The molecule has 4 rings (SSSR count). The first-order valence-corrected chi connectivity index (χ1v) is 10.2. The molecule has 3 aromatic heterocycles. The molecule has 31 heavy (non-hydrogen) atoms. The standard InChI is InChI=1S/C23H26N6O2/c1-15-7-5-6-8-17(15)9-10-25-19(30)13-31-20-11-16(2)21-22(18-12-24-14-28(18)3)27-29(4)23(21)26-20/h5-8,11-12,14H,9-10,13H2,1-4H3,(H,25,30). The van der Waals surface area contributed by atoms with Crippen LogP contribution < -0.4 is 10.1 Å². The Bertz CT molecular complexity index is 1240. The van der Waals surface area contributed by atoms with Gasteiger partial charge in [0.1, 0.15) is 5.69 Å². The maximum absolute atomic E-state index is 12.2. The maximum Gasteiger partial charge on any atom is 0.258 e. The van der Waals surface area contributed by atoms with Gasteiger partial charge in [0.25, 0.3) is 5.91 Å². The molecule has 8 nitrogen and oxygen atoms in total. The zero-order valence-electron chi connectivity index (χ0n) is 18.2. The van der Waals surface area contributed by atoms with Gasteiger partial charge in [-0.2, -0.15) is 10.1 Å². The molecule has 0 aliphatic heterocycles. The third-order valence-electron chi connectivity index (χ3n) is 5.36. The highest BCUT2D eigenvalue weighted by Gasteiger charge is 2.18. The van der Waals surface area contributed by atoms with Crippen molar-refractivity contribution in [3.8, 4) is 17.3 Å². The Morgan fingerprint density at radius 3 is 2.71 bits per heavy atom. The first-order valence-electron chi connectivity index (χ1n) is 10.2.